The molecule has 0 spiro atoms. The SMILES string of the molecule is Cc1c(NCC(=O)Nc2cccc(C(=O)N3CCCC3)c2)cccc1NC(=O)C1CC1. The van der Waals surface area contributed by atoms with Gasteiger partial charge < -0.3 is 20.9 Å². The number of hydrogen-bond acceptors (Lipinski definition) is 4. The van der Waals surface area contributed by atoms with Gasteiger partial charge in [0, 0.05) is 41.6 Å². The number of carbonyl (C=O) groups is 3. The van der Waals surface area contributed by atoms with Crippen LogP contribution in [-0.2, 0) is 9.59 Å². The van der Waals surface area contributed by atoms with Crippen molar-refractivity contribution in [2.45, 2.75) is 32.6 Å². The largest absolute Gasteiger partial charge is 0.376 e. The quantitative estimate of drug-likeness (QED) is 0.638. The molecule has 0 radical (unpaired) electrons. The Balaban J connectivity index is 1.34. The van der Waals surface area contributed by atoms with Gasteiger partial charge in [-0.1, -0.05) is 12.1 Å². The number of anilines is 3. The van der Waals surface area contributed by atoms with Gasteiger partial charge in [0.1, 0.15) is 0 Å². The second kappa shape index (κ2) is 9.20. The Morgan fingerprint density at radius 1 is 0.968 bits per heavy atom. The first kappa shape index (κ1) is 20.9. The molecule has 3 N–H and O–H groups in total. The van der Waals surface area contributed by atoms with E-state index in [2.05, 4.69) is 16.0 Å². The van der Waals surface area contributed by atoms with Crippen LogP contribution in [0.1, 0.15) is 41.6 Å². The van der Waals surface area contributed by atoms with Crippen LogP contribution in [0.3, 0.4) is 0 Å². The van der Waals surface area contributed by atoms with E-state index >= 15 is 0 Å². The third kappa shape index (κ3) is 5.23. The molecule has 4 rings (SSSR count). The van der Waals surface area contributed by atoms with E-state index in [0.717, 1.165) is 55.7 Å². The lowest BCUT2D eigenvalue weighted by molar-refractivity contribution is -0.117. The third-order valence-electron chi connectivity index (χ3n) is 5.77. The maximum Gasteiger partial charge on any atom is 0.253 e. The molecular formula is C24H28N4O3. The first-order chi connectivity index (χ1) is 15.0. The molecule has 3 amide bonds. The molecule has 0 bridgehead atoms. The van der Waals surface area contributed by atoms with E-state index in [0.29, 0.717) is 11.3 Å². The lowest BCUT2D eigenvalue weighted by Crippen LogP contribution is -2.27. The molecule has 7 nitrogen and oxygen atoms in total. The second-order valence-corrected chi connectivity index (χ2v) is 8.22. The Morgan fingerprint density at radius 2 is 1.68 bits per heavy atom. The number of hydrogen-bond donors (Lipinski definition) is 3. The van der Waals surface area contributed by atoms with Crippen molar-refractivity contribution < 1.29 is 14.4 Å². The highest BCUT2D eigenvalue weighted by Crippen LogP contribution is 2.31. The first-order valence-corrected chi connectivity index (χ1v) is 10.8. The Labute approximate surface area is 182 Å². The average molecular weight is 421 g/mol. The van der Waals surface area contributed by atoms with Gasteiger partial charge in [0.25, 0.3) is 5.91 Å². The molecule has 2 aromatic carbocycles. The third-order valence-corrected chi connectivity index (χ3v) is 5.77. The van der Waals surface area contributed by atoms with Crippen LogP contribution in [0.2, 0.25) is 0 Å². The summed E-state index contributed by atoms with van der Waals surface area (Å²) in [5.41, 5.74) is 3.63. The lowest BCUT2D eigenvalue weighted by atomic mass is 10.1. The van der Waals surface area contributed by atoms with Gasteiger partial charge in [0.2, 0.25) is 11.8 Å². The van der Waals surface area contributed by atoms with E-state index in [9.17, 15) is 14.4 Å². The first-order valence-electron chi connectivity index (χ1n) is 10.8. The highest BCUT2D eigenvalue weighted by atomic mass is 16.2. The van der Waals surface area contributed by atoms with Gasteiger partial charge in [0.05, 0.1) is 6.54 Å². The molecule has 1 saturated heterocycles. The van der Waals surface area contributed by atoms with Gasteiger partial charge in [-0.05, 0) is 68.5 Å². The van der Waals surface area contributed by atoms with Crippen LogP contribution >= 0.6 is 0 Å². The second-order valence-electron chi connectivity index (χ2n) is 8.22. The van der Waals surface area contributed by atoms with Crippen molar-refractivity contribution in [3.05, 3.63) is 53.6 Å². The van der Waals surface area contributed by atoms with Crippen molar-refractivity contribution >= 4 is 34.8 Å². The number of nitrogens with zero attached hydrogens (tertiary/aromatic N) is 1. The van der Waals surface area contributed by atoms with E-state index in [1.807, 2.05) is 30.0 Å². The zero-order valence-corrected chi connectivity index (χ0v) is 17.7. The number of likely N-dealkylation sites (tertiary alicyclic amines) is 1. The van der Waals surface area contributed by atoms with Crippen molar-refractivity contribution in [1.82, 2.24) is 4.90 Å². The Kier molecular flexibility index (Phi) is 6.21. The van der Waals surface area contributed by atoms with Gasteiger partial charge in [-0.25, -0.2) is 0 Å². The van der Waals surface area contributed by atoms with Crippen LogP contribution in [-0.4, -0.2) is 42.3 Å². The fourth-order valence-corrected chi connectivity index (χ4v) is 3.76. The Morgan fingerprint density at radius 3 is 2.42 bits per heavy atom. The maximum atomic E-state index is 12.6. The normalized spacial score (nSPS) is 15.5. The summed E-state index contributed by atoms with van der Waals surface area (Å²) in [5, 5.41) is 8.95. The zero-order valence-electron chi connectivity index (χ0n) is 17.7. The minimum atomic E-state index is -0.211. The average Bonchev–Trinajstić information content (AvgIpc) is 3.48. The van der Waals surface area contributed by atoms with Crippen LogP contribution in [0.4, 0.5) is 17.1 Å². The van der Waals surface area contributed by atoms with Gasteiger partial charge in [0.15, 0.2) is 0 Å². The molecule has 1 aliphatic carbocycles. The molecule has 0 aromatic heterocycles. The number of nitrogens with one attached hydrogen (secondary N) is 3. The molecule has 1 heterocycles. The zero-order chi connectivity index (χ0) is 21.8. The van der Waals surface area contributed by atoms with Gasteiger partial charge in [-0.2, -0.15) is 0 Å². The van der Waals surface area contributed by atoms with E-state index < -0.39 is 0 Å². The molecule has 7 heteroatoms. The van der Waals surface area contributed by atoms with E-state index in [4.69, 9.17) is 0 Å². The summed E-state index contributed by atoms with van der Waals surface area (Å²) in [6.07, 6.45) is 3.99. The van der Waals surface area contributed by atoms with Gasteiger partial charge in [-0.3, -0.25) is 14.4 Å². The topological polar surface area (TPSA) is 90.5 Å². The summed E-state index contributed by atoms with van der Waals surface area (Å²) >= 11 is 0. The highest BCUT2D eigenvalue weighted by Gasteiger charge is 2.29. The standard InChI is InChI=1S/C24H28N4O3/c1-16-20(8-5-9-21(16)27-23(30)17-10-11-17)25-15-22(29)26-19-7-4-6-18(14-19)24(31)28-12-2-3-13-28/h4-9,14,17,25H,2-3,10-13,15H2,1H3,(H,26,29)(H,27,30). The van der Waals surface area contributed by atoms with Gasteiger partial charge >= 0.3 is 0 Å². The molecular weight excluding hydrogens is 392 g/mol. The van der Waals surface area contributed by atoms with Crippen LogP contribution in [0.5, 0.6) is 0 Å². The van der Waals surface area contributed by atoms with Crippen molar-refractivity contribution in [2.24, 2.45) is 5.92 Å². The number of rotatable bonds is 7. The summed E-state index contributed by atoms with van der Waals surface area (Å²) in [5.74, 6) is -0.0127. The number of amides is 3. The Bertz CT molecular complexity index is 994. The molecule has 0 atom stereocenters. The summed E-state index contributed by atoms with van der Waals surface area (Å²) in [4.78, 5) is 38.9. The number of carbonyl (C=O) groups excluding carboxylic acids is 3. The van der Waals surface area contributed by atoms with Crippen molar-refractivity contribution in [1.29, 1.82) is 0 Å². The lowest BCUT2D eigenvalue weighted by Gasteiger charge is -2.16. The predicted molar refractivity (Wildman–Crippen MR) is 121 cm³/mol. The van der Waals surface area contributed by atoms with Crippen molar-refractivity contribution in [3.8, 4) is 0 Å². The van der Waals surface area contributed by atoms with Crippen LogP contribution in [0.15, 0.2) is 42.5 Å². The summed E-state index contributed by atoms with van der Waals surface area (Å²) in [6.45, 7) is 3.57. The van der Waals surface area contributed by atoms with Crippen LogP contribution < -0.4 is 16.0 Å². The number of benzene rings is 2. The van der Waals surface area contributed by atoms with E-state index in [-0.39, 0.29) is 30.2 Å². The molecule has 1 aliphatic heterocycles. The molecule has 162 valence electrons. The fourth-order valence-electron chi connectivity index (χ4n) is 3.76. The summed E-state index contributed by atoms with van der Waals surface area (Å²) in [6, 6.07) is 12.6. The minimum absolute atomic E-state index is 0.00686. The van der Waals surface area contributed by atoms with Crippen LogP contribution in [0, 0.1) is 12.8 Å². The highest BCUT2D eigenvalue weighted by molar-refractivity contribution is 5.98. The maximum absolute atomic E-state index is 12.6. The Hall–Kier alpha value is -3.35. The van der Waals surface area contributed by atoms with Crippen molar-refractivity contribution in [3.63, 3.8) is 0 Å². The predicted octanol–water partition coefficient (Wildman–Crippen LogP) is 3.63. The molecule has 2 aromatic rings. The fraction of sp³-hybridized carbons (Fsp3) is 0.375. The molecule has 0 unspecified atom stereocenters. The molecule has 2 fully saturated rings. The molecule has 31 heavy (non-hydrogen) atoms. The summed E-state index contributed by atoms with van der Waals surface area (Å²) < 4.78 is 0. The minimum Gasteiger partial charge on any atom is -0.376 e. The smallest absolute Gasteiger partial charge is 0.253 e. The monoisotopic (exact) mass is 420 g/mol. The summed E-state index contributed by atoms with van der Waals surface area (Å²) in [7, 11) is 0. The van der Waals surface area contributed by atoms with Crippen LogP contribution in [0.25, 0.3) is 0 Å². The van der Waals surface area contributed by atoms with Gasteiger partial charge in [-0.15, -0.1) is 0 Å². The molecule has 2 aliphatic rings. The van der Waals surface area contributed by atoms with E-state index in [1.165, 1.54) is 0 Å². The van der Waals surface area contributed by atoms with E-state index in [1.54, 1.807) is 24.3 Å². The van der Waals surface area contributed by atoms with Crippen molar-refractivity contribution in [2.75, 3.05) is 35.6 Å². The molecule has 1 saturated carbocycles.